The Morgan fingerprint density at radius 2 is 1.74 bits per heavy atom. The van der Waals surface area contributed by atoms with Crippen molar-refractivity contribution in [3.05, 3.63) is 64.6 Å². The van der Waals surface area contributed by atoms with E-state index in [9.17, 15) is 19.2 Å². The number of rotatable bonds is 5. The molecule has 160 valence electrons. The SMILES string of the molecule is CCC1(c2ccc(NC(=O)Cn3c(=O)n(C)c4ccccc43)cc2)CCC(=O)NC1=O. The predicted molar refractivity (Wildman–Crippen MR) is 117 cm³/mol. The van der Waals surface area contributed by atoms with Gasteiger partial charge in [-0.1, -0.05) is 31.2 Å². The lowest BCUT2D eigenvalue weighted by atomic mass is 9.72. The molecule has 1 aliphatic heterocycles. The van der Waals surface area contributed by atoms with E-state index in [1.165, 1.54) is 9.13 Å². The van der Waals surface area contributed by atoms with Gasteiger partial charge in [0, 0.05) is 19.2 Å². The maximum atomic E-state index is 12.6. The number of hydrogen-bond acceptors (Lipinski definition) is 4. The highest BCUT2D eigenvalue weighted by atomic mass is 16.2. The first-order valence-electron chi connectivity index (χ1n) is 10.2. The minimum atomic E-state index is -0.743. The molecule has 1 saturated heterocycles. The molecule has 1 fully saturated rings. The average molecular weight is 420 g/mol. The van der Waals surface area contributed by atoms with Crippen molar-refractivity contribution in [1.29, 1.82) is 0 Å². The van der Waals surface area contributed by atoms with Crippen LogP contribution >= 0.6 is 0 Å². The van der Waals surface area contributed by atoms with Crippen molar-refractivity contribution in [1.82, 2.24) is 14.5 Å². The van der Waals surface area contributed by atoms with Crippen molar-refractivity contribution in [2.45, 2.75) is 38.1 Å². The van der Waals surface area contributed by atoms with E-state index in [4.69, 9.17) is 0 Å². The number of hydrogen-bond donors (Lipinski definition) is 2. The summed E-state index contributed by atoms with van der Waals surface area (Å²) < 4.78 is 2.95. The maximum absolute atomic E-state index is 12.6. The first-order chi connectivity index (χ1) is 14.9. The first-order valence-corrected chi connectivity index (χ1v) is 10.2. The summed E-state index contributed by atoms with van der Waals surface area (Å²) in [6.07, 6.45) is 1.34. The van der Waals surface area contributed by atoms with Gasteiger partial charge in [-0.05, 0) is 42.7 Å². The number of nitrogens with zero attached hydrogens (tertiary/aromatic N) is 2. The molecule has 3 aromatic rings. The van der Waals surface area contributed by atoms with Crippen molar-refractivity contribution in [3.8, 4) is 0 Å². The van der Waals surface area contributed by atoms with Crippen LogP contribution in [0.1, 0.15) is 31.7 Å². The van der Waals surface area contributed by atoms with E-state index in [1.54, 1.807) is 31.3 Å². The van der Waals surface area contributed by atoms with Crippen LogP contribution in [-0.4, -0.2) is 26.9 Å². The Labute approximate surface area is 178 Å². The average Bonchev–Trinajstić information content (AvgIpc) is 3.00. The number of amides is 3. The highest BCUT2D eigenvalue weighted by molar-refractivity contribution is 6.03. The molecular formula is C23H24N4O4. The summed E-state index contributed by atoms with van der Waals surface area (Å²) in [6.45, 7) is 1.82. The number of nitrogens with one attached hydrogen (secondary N) is 2. The van der Waals surface area contributed by atoms with Crippen molar-refractivity contribution in [2.24, 2.45) is 7.05 Å². The summed E-state index contributed by atoms with van der Waals surface area (Å²) in [4.78, 5) is 49.2. The van der Waals surface area contributed by atoms with Gasteiger partial charge < -0.3 is 5.32 Å². The molecule has 0 aliphatic carbocycles. The van der Waals surface area contributed by atoms with Crippen LogP contribution in [0.3, 0.4) is 0 Å². The second kappa shape index (κ2) is 7.86. The topological polar surface area (TPSA) is 102 Å². The van der Waals surface area contributed by atoms with Crippen molar-refractivity contribution in [3.63, 3.8) is 0 Å². The Morgan fingerprint density at radius 1 is 1.06 bits per heavy atom. The number of para-hydroxylation sites is 2. The lowest BCUT2D eigenvalue weighted by Crippen LogP contribution is -2.51. The van der Waals surface area contributed by atoms with Crippen molar-refractivity contribution < 1.29 is 14.4 Å². The normalized spacial score (nSPS) is 18.8. The molecule has 1 aromatic heterocycles. The maximum Gasteiger partial charge on any atom is 0.329 e. The summed E-state index contributed by atoms with van der Waals surface area (Å²) in [5.74, 6) is -0.850. The van der Waals surface area contributed by atoms with Crippen LogP contribution in [0.5, 0.6) is 0 Å². The van der Waals surface area contributed by atoms with Crippen molar-refractivity contribution >= 4 is 34.4 Å². The number of piperidine rings is 1. The number of aryl methyl sites for hydroxylation is 1. The molecule has 31 heavy (non-hydrogen) atoms. The fourth-order valence-electron chi connectivity index (χ4n) is 4.30. The van der Waals surface area contributed by atoms with Crippen LogP contribution in [0.4, 0.5) is 5.69 Å². The fourth-order valence-corrected chi connectivity index (χ4v) is 4.30. The molecular weight excluding hydrogens is 396 g/mol. The Morgan fingerprint density at radius 3 is 2.39 bits per heavy atom. The van der Waals surface area contributed by atoms with E-state index in [0.717, 1.165) is 11.1 Å². The van der Waals surface area contributed by atoms with Crippen LogP contribution in [0.15, 0.2) is 53.3 Å². The van der Waals surface area contributed by atoms with Gasteiger partial charge >= 0.3 is 5.69 Å². The second-order valence-electron chi connectivity index (χ2n) is 7.85. The standard InChI is InChI=1S/C23H24N4O4/c1-3-23(13-12-19(28)25-21(23)30)15-8-10-16(11-9-15)24-20(29)14-27-18-7-5-4-6-17(18)26(2)22(27)31/h4-11H,3,12-14H2,1-2H3,(H,24,29)(H,25,28,30). The molecule has 0 radical (unpaired) electrons. The summed E-state index contributed by atoms with van der Waals surface area (Å²) in [6, 6.07) is 14.4. The molecule has 1 atom stereocenters. The molecule has 1 aliphatic rings. The Balaban J connectivity index is 1.52. The lowest BCUT2D eigenvalue weighted by molar-refractivity contribution is -0.138. The quantitative estimate of drug-likeness (QED) is 0.617. The van der Waals surface area contributed by atoms with Gasteiger partial charge in [0.05, 0.1) is 16.4 Å². The molecule has 2 heterocycles. The molecule has 0 bridgehead atoms. The Bertz CT molecular complexity index is 1240. The summed E-state index contributed by atoms with van der Waals surface area (Å²) in [5, 5.41) is 5.24. The van der Waals surface area contributed by atoms with Gasteiger partial charge in [-0.3, -0.25) is 28.8 Å². The molecule has 2 aromatic carbocycles. The minimum Gasteiger partial charge on any atom is -0.325 e. The lowest BCUT2D eigenvalue weighted by Gasteiger charge is -2.35. The van der Waals surface area contributed by atoms with E-state index in [2.05, 4.69) is 10.6 Å². The Hall–Kier alpha value is -3.68. The Kier molecular flexibility index (Phi) is 5.22. The number of fused-ring (bicyclic) bond motifs is 1. The third kappa shape index (κ3) is 3.54. The summed E-state index contributed by atoms with van der Waals surface area (Å²) >= 11 is 0. The summed E-state index contributed by atoms with van der Waals surface area (Å²) in [7, 11) is 1.68. The van der Waals surface area contributed by atoms with E-state index in [-0.39, 0.29) is 30.0 Å². The number of imide groups is 1. The molecule has 8 heteroatoms. The first kappa shape index (κ1) is 20.6. The van der Waals surface area contributed by atoms with Crippen LogP contribution < -0.4 is 16.3 Å². The number of benzene rings is 2. The zero-order chi connectivity index (χ0) is 22.2. The predicted octanol–water partition coefficient (Wildman–Crippen LogP) is 2.06. The molecule has 0 saturated carbocycles. The van der Waals surface area contributed by atoms with Gasteiger partial charge in [0.25, 0.3) is 0 Å². The zero-order valence-corrected chi connectivity index (χ0v) is 17.5. The highest BCUT2D eigenvalue weighted by Crippen LogP contribution is 2.36. The molecule has 3 amide bonds. The fraction of sp³-hybridized carbons (Fsp3) is 0.304. The number of aromatic nitrogens is 2. The van der Waals surface area contributed by atoms with Crippen molar-refractivity contribution in [2.75, 3.05) is 5.32 Å². The van der Waals surface area contributed by atoms with Gasteiger partial charge in [0.2, 0.25) is 17.7 Å². The van der Waals surface area contributed by atoms with Gasteiger partial charge in [0.15, 0.2) is 0 Å². The van der Waals surface area contributed by atoms with Crippen LogP contribution in [0, 0.1) is 0 Å². The van der Waals surface area contributed by atoms with Crippen LogP contribution in [0.2, 0.25) is 0 Å². The smallest absolute Gasteiger partial charge is 0.325 e. The minimum absolute atomic E-state index is 0.106. The molecule has 4 rings (SSSR count). The number of carbonyl (C=O) groups excluding carboxylic acids is 3. The monoisotopic (exact) mass is 420 g/mol. The highest BCUT2D eigenvalue weighted by Gasteiger charge is 2.42. The van der Waals surface area contributed by atoms with Gasteiger partial charge in [-0.15, -0.1) is 0 Å². The summed E-state index contributed by atoms with van der Waals surface area (Å²) in [5.41, 5.74) is 1.84. The van der Waals surface area contributed by atoms with E-state index < -0.39 is 5.41 Å². The zero-order valence-electron chi connectivity index (χ0n) is 17.5. The van der Waals surface area contributed by atoms with E-state index in [0.29, 0.717) is 30.5 Å². The van der Waals surface area contributed by atoms with Gasteiger partial charge in [-0.25, -0.2) is 4.79 Å². The van der Waals surface area contributed by atoms with E-state index in [1.807, 2.05) is 31.2 Å². The van der Waals surface area contributed by atoms with Gasteiger partial charge in [-0.2, -0.15) is 0 Å². The second-order valence-corrected chi connectivity index (χ2v) is 7.85. The molecule has 2 N–H and O–H groups in total. The molecule has 1 unspecified atom stereocenters. The van der Waals surface area contributed by atoms with Crippen LogP contribution in [-0.2, 0) is 33.4 Å². The number of anilines is 1. The van der Waals surface area contributed by atoms with E-state index >= 15 is 0 Å². The number of carbonyl (C=O) groups is 3. The third-order valence-electron chi connectivity index (χ3n) is 6.14. The number of imidazole rings is 1. The largest absolute Gasteiger partial charge is 0.329 e. The third-order valence-corrected chi connectivity index (χ3v) is 6.14. The molecule has 8 nitrogen and oxygen atoms in total. The van der Waals surface area contributed by atoms with Gasteiger partial charge in [0.1, 0.15) is 6.54 Å². The van der Waals surface area contributed by atoms with Crippen LogP contribution in [0.25, 0.3) is 11.0 Å². The molecule has 0 spiro atoms.